The fourth-order valence-corrected chi connectivity index (χ4v) is 2.07. The molecule has 0 spiro atoms. The number of nitrogens with one attached hydrogen (secondary N) is 1. The molecule has 0 unspecified atom stereocenters. The Bertz CT molecular complexity index is 566. The van der Waals surface area contributed by atoms with E-state index in [-0.39, 0.29) is 5.78 Å². The molecule has 1 aliphatic rings. The Labute approximate surface area is 98.0 Å². The highest BCUT2D eigenvalue weighted by atomic mass is 16.5. The number of carbonyl (C=O) groups excluding carboxylic acids is 1. The van der Waals surface area contributed by atoms with E-state index in [0.717, 1.165) is 11.0 Å². The van der Waals surface area contributed by atoms with E-state index < -0.39 is 5.41 Å². The Morgan fingerprint density at radius 1 is 1.53 bits per heavy atom. The smallest absolute Gasteiger partial charge is 0.174 e. The van der Waals surface area contributed by atoms with Crippen molar-refractivity contribution in [3.8, 4) is 0 Å². The van der Waals surface area contributed by atoms with Gasteiger partial charge in [-0.15, -0.1) is 0 Å². The van der Waals surface area contributed by atoms with E-state index in [1.807, 2.05) is 12.1 Å². The fourth-order valence-electron chi connectivity index (χ4n) is 2.07. The van der Waals surface area contributed by atoms with Gasteiger partial charge in [-0.05, 0) is 18.2 Å². The van der Waals surface area contributed by atoms with E-state index in [0.29, 0.717) is 25.3 Å². The molecular formula is C12H13N3O2. The number of rotatable bonds is 3. The summed E-state index contributed by atoms with van der Waals surface area (Å²) >= 11 is 0. The zero-order valence-electron chi connectivity index (χ0n) is 9.27. The van der Waals surface area contributed by atoms with Crippen LogP contribution in [0.15, 0.2) is 24.5 Å². The van der Waals surface area contributed by atoms with Crippen molar-refractivity contribution in [1.82, 2.24) is 9.97 Å². The first-order chi connectivity index (χ1) is 8.25. The Morgan fingerprint density at radius 2 is 2.35 bits per heavy atom. The van der Waals surface area contributed by atoms with Crippen LogP contribution in [0.2, 0.25) is 0 Å². The van der Waals surface area contributed by atoms with Crippen molar-refractivity contribution in [2.24, 2.45) is 11.1 Å². The van der Waals surface area contributed by atoms with Gasteiger partial charge in [0.15, 0.2) is 5.78 Å². The molecule has 2 heterocycles. The largest absolute Gasteiger partial charge is 0.379 e. The molecule has 1 aromatic heterocycles. The summed E-state index contributed by atoms with van der Waals surface area (Å²) in [7, 11) is 0. The van der Waals surface area contributed by atoms with Gasteiger partial charge < -0.3 is 15.5 Å². The lowest BCUT2D eigenvalue weighted by Gasteiger charge is -2.38. The quantitative estimate of drug-likeness (QED) is 0.763. The molecular weight excluding hydrogens is 218 g/mol. The van der Waals surface area contributed by atoms with Crippen LogP contribution in [0, 0.1) is 5.41 Å². The monoisotopic (exact) mass is 231 g/mol. The SMILES string of the molecule is NCC1(C(=O)c2ccc3nc[nH]c3c2)COC1. The van der Waals surface area contributed by atoms with E-state index in [4.69, 9.17) is 10.5 Å². The number of nitrogens with zero attached hydrogens (tertiary/aromatic N) is 1. The molecule has 1 fully saturated rings. The van der Waals surface area contributed by atoms with Gasteiger partial charge in [-0.3, -0.25) is 4.79 Å². The number of carbonyl (C=O) groups is 1. The van der Waals surface area contributed by atoms with Crippen molar-refractivity contribution in [2.45, 2.75) is 0 Å². The normalized spacial score (nSPS) is 17.9. The van der Waals surface area contributed by atoms with Crippen LogP contribution in [0.25, 0.3) is 11.0 Å². The number of hydrogen-bond acceptors (Lipinski definition) is 4. The first-order valence-corrected chi connectivity index (χ1v) is 5.51. The molecule has 0 bridgehead atoms. The molecule has 5 heteroatoms. The minimum Gasteiger partial charge on any atom is -0.379 e. The van der Waals surface area contributed by atoms with Crippen LogP contribution in [0.3, 0.4) is 0 Å². The summed E-state index contributed by atoms with van der Waals surface area (Å²) in [6, 6.07) is 5.45. The van der Waals surface area contributed by atoms with Gasteiger partial charge in [0.2, 0.25) is 0 Å². The van der Waals surface area contributed by atoms with Gasteiger partial charge in [0.1, 0.15) is 0 Å². The molecule has 2 aromatic rings. The average molecular weight is 231 g/mol. The minimum absolute atomic E-state index is 0.0581. The lowest BCUT2D eigenvalue weighted by Crippen LogP contribution is -2.54. The number of fused-ring (bicyclic) bond motifs is 1. The van der Waals surface area contributed by atoms with Gasteiger partial charge in [0.25, 0.3) is 0 Å². The number of aromatic amines is 1. The van der Waals surface area contributed by atoms with Crippen molar-refractivity contribution in [3.05, 3.63) is 30.1 Å². The van der Waals surface area contributed by atoms with Crippen molar-refractivity contribution in [2.75, 3.05) is 19.8 Å². The van der Waals surface area contributed by atoms with Gasteiger partial charge in [0, 0.05) is 12.1 Å². The number of nitrogens with two attached hydrogens (primary N) is 1. The molecule has 88 valence electrons. The lowest BCUT2D eigenvalue weighted by molar-refractivity contribution is -0.0816. The number of imidazole rings is 1. The topological polar surface area (TPSA) is 81.0 Å². The highest BCUT2D eigenvalue weighted by molar-refractivity contribution is 6.03. The van der Waals surface area contributed by atoms with Crippen molar-refractivity contribution < 1.29 is 9.53 Å². The zero-order valence-corrected chi connectivity index (χ0v) is 9.27. The number of benzene rings is 1. The number of hydrogen-bond donors (Lipinski definition) is 2. The van der Waals surface area contributed by atoms with E-state index in [2.05, 4.69) is 9.97 Å². The number of ketones is 1. The highest BCUT2D eigenvalue weighted by Crippen LogP contribution is 2.31. The maximum atomic E-state index is 12.4. The summed E-state index contributed by atoms with van der Waals surface area (Å²) in [6.07, 6.45) is 1.62. The third-order valence-electron chi connectivity index (χ3n) is 3.31. The van der Waals surface area contributed by atoms with Crippen LogP contribution >= 0.6 is 0 Å². The number of ether oxygens (including phenoxy) is 1. The summed E-state index contributed by atoms with van der Waals surface area (Å²) in [5.74, 6) is 0.0581. The minimum atomic E-state index is -0.520. The van der Waals surface area contributed by atoms with Crippen LogP contribution < -0.4 is 5.73 Å². The molecule has 1 aromatic carbocycles. The maximum absolute atomic E-state index is 12.4. The fraction of sp³-hybridized carbons (Fsp3) is 0.333. The van der Waals surface area contributed by atoms with Gasteiger partial charge in [-0.2, -0.15) is 0 Å². The Hall–Kier alpha value is -1.72. The van der Waals surface area contributed by atoms with Crippen LogP contribution in [0.5, 0.6) is 0 Å². The first-order valence-electron chi connectivity index (χ1n) is 5.51. The summed E-state index contributed by atoms with van der Waals surface area (Å²) in [4.78, 5) is 19.5. The molecule has 0 radical (unpaired) electrons. The van der Waals surface area contributed by atoms with Gasteiger partial charge in [-0.1, -0.05) is 0 Å². The van der Waals surface area contributed by atoms with E-state index >= 15 is 0 Å². The van der Waals surface area contributed by atoms with Crippen LogP contribution in [0.4, 0.5) is 0 Å². The molecule has 3 N–H and O–H groups in total. The summed E-state index contributed by atoms with van der Waals surface area (Å²) in [5.41, 5.74) is 7.54. The molecule has 1 saturated heterocycles. The predicted molar refractivity (Wildman–Crippen MR) is 62.7 cm³/mol. The molecule has 5 nitrogen and oxygen atoms in total. The van der Waals surface area contributed by atoms with Crippen LogP contribution in [-0.2, 0) is 4.74 Å². The van der Waals surface area contributed by atoms with Crippen molar-refractivity contribution >= 4 is 16.8 Å². The van der Waals surface area contributed by atoms with E-state index in [1.54, 1.807) is 12.4 Å². The molecule has 17 heavy (non-hydrogen) atoms. The summed E-state index contributed by atoms with van der Waals surface area (Å²) in [5, 5.41) is 0. The van der Waals surface area contributed by atoms with Crippen LogP contribution in [0.1, 0.15) is 10.4 Å². The Balaban J connectivity index is 2.00. The first kappa shape index (κ1) is 10.4. The average Bonchev–Trinajstić information content (AvgIpc) is 2.74. The number of H-pyrrole nitrogens is 1. The van der Waals surface area contributed by atoms with Crippen LogP contribution in [-0.4, -0.2) is 35.5 Å². The predicted octanol–water partition coefficient (Wildman–Crippen LogP) is 0.721. The molecule has 3 rings (SSSR count). The maximum Gasteiger partial charge on any atom is 0.174 e. The molecule has 0 saturated carbocycles. The summed E-state index contributed by atoms with van der Waals surface area (Å²) in [6.45, 7) is 1.17. The third kappa shape index (κ3) is 1.47. The van der Waals surface area contributed by atoms with E-state index in [1.165, 1.54) is 0 Å². The Morgan fingerprint density at radius 3 is 3.00 bits per heavy atom. The highest BCUT2D eigenvalue weighted by Gasteiger charge is 2.44. The lowest BCUT2D eigenvalue weighted by atomic mass is 9.78. The second-order valence-corrected chi connectivity index (χ2v) is 4.44. The van der Waals surface area contributed by atoms with Crippen molar-refractivity contribution in [1.29, 1.82) is 0 Å². The number of aromatic nitrogens is 2. The molecule has 0 aliphatic carbocycles. The van der Waals surface area contributed by atoms with Gasteiger partial charge >= 0.3 is 0 Å². The van der Waals surface area contributed by atoms with Gasteiger partial charge in [0.05, 0.1) is 36.0 Å². The van der Waals surface area contributed by atoms with E-state index in [9.17, 15) is 4.79 Å². The molecule has 0 amide bonds. The third-order valence-corrected chi connectivity index (χ3v) is 3.31. The van der Waals surface area contributed by atoms with Gasteiger partial charge in [-0.25, -0.2) is 4.98 Å². The second kappa shape index (κ2) is 3.65. The second-order valence-electron chi connectivity index (χ2n) is 4.44. The Kier molecular flexibility index (Phi) is 2.24. The van der Waals surface area contributed by atoms with Crippen molar-refractivity contribution in [3.63, 3.8) is 0 Å². The molecule has 0 atom stereocenters. The molecule has 1 aliphatic heterocycles. The number of Topliss-reactive ketones (excluding diaryl/α,β-unsaturated/α-hetero) is 1. The zero-order chi connectivity index (χ0) is 11.9. The summed E-state index contributed by atoms with van der Waals surface area (Å²) < 4.78 is 5.12. The standard InChI is InChI=1S/C12H13N3O2/c13-4-12(5-17-6-12)11(16)8-1-2-9-10(3-8)15-7-14-9/h1-3,7H,4-6,13H2,(H,14,15).